The Morgan fingerprint density at radius 2 is 2.00 bits per heavy atom. The lowest BCUT2D eigenvalue weighted by molar-refractivity contribution is -0.384. The van der Waals surface area contributed by atoms with Crippen molar-refractivity contribution in [2.45, 2.75) is 6.92 Å². The van der Waals surface area contributed by atoms with Gasteiger partial charge in [-0.15, -0.1) is 0 Å². The largest absolute Gasteiger partial charge is 0.462 e. The van der Waals surface area contributed by atoms with Crippen molar-refractivity contribution in [1.82, 2.24) is 4.90 Å². The monoisotopic (exact) mass is 293 g/mol. The minimum Gasteiger partial charge on any atom is -0.462 e. The zero-order chi connectivity index (χ0) is 15.4. The number of hydrogen-bond donors (Lipinski definition) is 0. The van der Waals surface area contributed by atoms with Crippen LogP contribution in [0, 0.1) is 10.1 Å². The number of nitro benzene ring substituents is 1. The summed E-state index contributed by atoms with van der Waals surface area (Å²) in [7, 11) is 2.02. The Labute approximate surface area is 123 Å². The zero-order valence-electron chi connectivity index (χ0n) is 12.2. The van der Waals surface area contributed by atoms with Crippen molar-refractivity contribution in [3.63, 3.8) is 0 Å². The van der Waals surface area contributed by atoms with E-state index in [1.807, 2.05) is 11.9 Å². The van der Waals surface area contributed by atoms with E-state index in [2.05, 4.69) is 4.90 Å². The Balaban J connectivity index is 2.29. The van der Waals surface area contributed by atoms with Crippen LogP contribution in [-0.2, 0) is 4.74 Å². The van der Waals surface area contributed by atoms with E-state index in [4.69, 9.17) is 4.74 Å². The number of nitrogens with zero attached hydrogens (tertiary/aromatic N) is 3. The molecule has 0 unspecified atom stereocenters. The fraction of sp³-hybridized carbons (Fsp3) is 0.500. The summed E-state index contributed by atoms with van der Waals surface area (Å²) in [6, 6.07) is 4.51. The summed E-state index contributed by atoms with van der Waals surface area (Å²) in [5.41, 5.74) is 0.715. The highest BCUT2D eigenvalue weighted by Gasteiger charge is 2.24. The smallest absolute Gasteiger partial charge is 0.338 e. The van der Waals surface area contributed by atoms with Gasteiger partial charge in [-0.1, -0.05) is 0 Å². The Kier molecular flexibility index (Phi) is 4.74. The van der Waals surface area contributed by atoms with E-state index >= 15 is 0 Å². The van der Waals surface area contributed by atoms with Crippen LogP contribution in [0.1, 0.15) is 17.3 Å². The van der Waals surface area contributed by atoms with Crippen LogP contribution in [0.3, 0.4) is 0 Å². The van der Waals surface area contributed by atoms with Gasteiger partial charge < -0.3 is 14.5 Å². The van der Waals surface area contributed by atoms with Crippen molar-refractivity contribution in [2.75, 3.05) is 44.7 Å². The molecule has 1 saturated heterocycles. The molecule has 0 atom stereocenters. The van der Waals surface area contributed by atoms with E-state index in [0.717, 1.165) is 26.2 Å². The second-order valence-electron chi connectivity index (χ2n) is 4.97. The van der Waals surface area contributed by atoms with Crippen LogP contribution >= 0.6 is 0 Å². The fourth-order valence-corrected chi connectivity index (χ4v) is 2.33. The van der Waals surface area contributed by atoms with Gasteiger partial charge in [0.1, 0.15) is 5.69 Å². The Bertz CT molecular complexity index is 539. The molecule has 21 heavy (non-hydrogen) atoms. The van der Waals surface area contributed by atoms with Crippen LogP contribution in [0.2, 0.25) is 0 Å². The third-order valence-electron chi connectivity index (χ3n) is 3.53. The highest BCUT2D eigenvalue weighted by Crippen LogP contribution is 2.30. The number of carbonyl (C=O) groups excluding carboxylic acids is 1. The molecule has 114 valence electrons. The van der Waals surface area contributed by atoms with Crippen molar-refractivity contribution < 1.29 is 14.5 Å². The van der Waals surface area contributed by atoms with Crippen molar-refractivity contribution >= 4 is 17.3 Å². The summed E-state index contributed by atoms with van der Waals surface area (Å²) >= 11 is 0. The zero-order valence-corrected chi connectivity index (χ0v) is 12.2. The molecular formula is C14H19N3O4. The average molecular weight is 293 g/mol. The van der Waals surface area contributed by atoms with Crippen molar-refractivity contribution in [3.8, 4) is 0 Å². The van der Waals surface area contributed by atoms with Crippen molar-refractivity contribution in [3.05, 3.63) is 33.9 Å². The van der Waals surface area contributed by atoms with E-state index in [1.54, 1.807) is 19.1 Å². The van der Waals surface area contributed by atoms with Gasteiger partial charge >= 0.3 is 5.97 Å². The van der Waals surface area contributed by atoms with Gasteiger partial charge in [-0.2, -0.15) is 0 Å². The van der Waals surface area contributed by atoms with E-state index in [1.165, 1.54) is 6.07 Å². The molecular weight excluding hydrogens is 274 g/mol. The summed E-state index contributed by atoms with van der Waals surface area (Å²) in [5, 5.41) is 11.3. The van der Waals surface area contributed by atoms with Crippen LogP contribution in [0.25, 0.3) is 0 Å². The number of rotatable bonds is 4. The molecule has 7 nitrogen and oxygen atoms in total. The minimum atomic E-state index is -0.537. The highest BCUT2D eigenvalue weighted by atomic mass is 16.6. The average Bonchev–Trinajstić information content (AvgIpc) is 2.47. The third kappa shape index (κ3) is 3.49. The summed E-state index contributed by atoms with van der Waals surface area (Å²) in [5.74, 6) is -0.537. The van der Waals surface area contributed by atoms with Gasteiger partial charge in [-0.3, -0.25) is 10.1 Å². The van der Waals surface area contributed by atoms with Crippen molar-refractivity contribution in [2.24, 2.45) is 0 Å². The molecule has 1 aliphatic rings. The van der Waals surface area contributed by atoms with E-state index < -0.39 is 10.9 Å². The molecule has 0 spiro atoms. The first-order valence-corrected chi connectivity index (χ1v) is 6.92. The molecule has 1 fully saturated rings. The maximum atomic E-state index is 11.7. The normalized spacial score (nSPS) is 15.8. The molecule has 1 aromatic rings. The molecule has 2 rings (SSSR count). The highest BCUT2D eigenvalue weighted by molar-refractivity contribution is 5.91. The van der Waals surface area contributed by atoms with Gasteiger partial charge in [-0.25, -0.2) is 4.79 Å². The van der Waals surface area contributed by atoms with E-state index in [9.17, 15) is 14.9 Å². The molecule has 0 saturated carbocycles. The molecule has 0 aliphatic carbocycles. The standard InChI is InChI=1S/C14H19N3O4/c1-3-21-14(18)11-4-5-12(13(10-11)17(19)20)16-8-6-15(2)7-9-16/h4-5,10H,3,6-9H2,1-2H3. The topological polar surface area (TPSA) is 75.9 Å². The lowest BCUT2D eigenvalue weighted by Gasteiger charge is -2.33. The molecule has 0 bridgehead atoms. The number of ether oxygens (including phenoxy) is 1. The third-order valence-corrected chi connectivity index (χ3v) is 3.53. The Hall–Kier alpha value is -2.15. The minimum absolute atomic E-state index is 0.0508. The van der Waals surface area contributed by atoms with Gasteiger partial charge in [0, 0.05) is 32.2 Å². The molecule has 0 radical (unpaired) electrons. The summed E-state index contributed by atoms with van der Waals surface area (Å²) in [6.45, 7) is 5.12. The second-order valence-corrected chi connectivity index (χ2v) is 4.97. The van der Waals surface area contributed by atoms with Crippen LogP contribution in [0.15, 0.2) is 18.2 Å². The van der Waals surface area contributed by atoms with E-state index in [0.29, 0.717) is 5.69 Å². The predicted octanol–water partition coefficient (Wildman–Crippen LogP) is 1.52. The van der Waals surface area contributed by atoms with Gasteiger partial charge in [-0.05, 0) is 26.1 Å². The second kappa shape index (κ2) is 6.53. The maximum absolute atomic E-state index is 11.7. The first kappa shape index (κ1) is 15.2. The fourth-order valence-electron chi connectivity index (χ4n) is 2.33. The first-order chi connectivity index (χ1) is 10.0. The Morgan fingerprint density at radius 1 is 1.33 bits per heavy atom. The lowest BCUT2D eigenvalue weighted by Crippen LogP contribution is -2.44. The number of esters is 1. The number of carbonyl (C=O) groups is 1. The lowest BCUT2D eigenvalue weighted by atomic mass is 10.1. The molecule has 0 aromatic heterocycles. The summed E-state index contributed by atoms with van der Waals surface area (Å²) < 4.78 is 4.88. The van der Waals surface area contributed by atoms with Crippen LogP contribution in [-0.4, -0.2) is 55.6 Å². The van der Waals surface area contributed by atoms with Gasteiger partial charge in [0.25, 0.3) is 5.69 Å². The number of hydrogen-bond acceptors (Lipinski definition) is 6. The quantitative estimate of drug-likeness (QED) is 0.476. The van der Waals surface area contributed by atoms with E-state index in [-0.39, 0.29) is 17.9 Å². The summed E-state index contributed by atoms with van der Waals surface area (Å²) in [6.07, 6.45) is 0. The number of anilines is 1. The number of piperazine rings is 1. The van der Waals surface area contributed by atoms with Gasteiger partial charge in [0.05, 0.1) is 17.1 Å². The van der Waals surface area contributed by atoms with Crippen molar-refractivity contribution in [1.29, 1.82) is 0 Å². The number of benzene rings is 1. The number of likely N-dealkylation sites (N-methyl/N-ethyl adjacent to an activating group) is 1. The van der Waals surface area contributed by atoms with Crippen LogP contribution < -0.4 is 4.90 Å². The molecule has 0 N–H and O–H groups in total. The predicted molar refractivity (Wildman–Crippen MR) is 78.8 cm³/mol. The first-order valence-electron chi connectivity index (χ1n) is 6.92. The molecule has 7 heteroatoms. The van der Waals surface area contributed by atoms with Crippen LogP contribution in [0.4, 0.5) is 11.4 Å². The molecule has 1 aliphatic heterocycles. The van der Waals surface area contributed by atoms with Gasteiger partial charge in [0.15, 0.2) is 0 Å². The molecule has 1 aromatic carbocycles. The molecule has 0 amide bonds. The Morgan fingerprint density at radius 3 is 2.57 bits per heavy atom. The van der Waals surface area contributed by atoms with Gasteiger partial charge in [0.2, 0.25) is 0 Å². The maximum Gasteiger partial charge on any atom is 0.338 e. The SMILES string of the molecule is CCOC(=O)c1ccc(N2CCN(C)CC2)c([N+](=O)[O-])c1. The summed E-state index contributed by atoms with van der Waals surface area (Å²) in [4.78, 5) is 26.7. The molecule has 1 heterocycles. The van der Waals surface area contributed by atoms with Crippen LogP contribution in [0.5, 0.6) is 0 Å². The number of nitro groups is 1.